The van der Waals surface area contributed by atoms with E-state index >= 15 is 0 Å². The van der Waals surface area contributed by atoms with Gasteiger partial charge in [-0.1, -0.05) is 40.0 Å². The molecule has 3 rings (SSSR count). The molecule has 1 heterocycles. The van der Waals surface area contributed by atoms with Crippen molar-refractivity contribution < 1.29 is 18.7 Å². The summed E-state index contributed by atoms with van der Waals surface area (Å²) >= 11 is 0. The minimum Gasteiger partial charge on any atom is -0.390 e. The summed E-state index contributed by atoms with van der Waals surface area (Å²) in [4.78, 5) is 21.3. The number of nitrogens with one attached hydrogen (secondary N) is 2. The third-order valence-electron chi connectivity index (χ3n) is 6.44. The van der Waals surface area contributed by atoms with Crippen molar-refractivity contribution in [3.05, 3.63) is 59.2 Å². The number of benzene rings is 1. The van der Waals surface area contributed by atoms with Crippen LogP contribution in [0.5, 0.6) is 0 Å². The molecule has 2 atom stereocenters. The number of rotatable bonds is 8. The standard InChI is InChI=1S/C26H36F2N4O2/c1-17(33)31-21(14-18-12-19(27)15-20(28)13-18)22(34)16-30-26(9-6-5-7-10-26)24-29-11-8-23(32-24)25(2,3)4/h8,11-13,15,21-22,30,34H,5-7,9-10,14,16H2,1-4H3,(H,31,33). The molecule has 0 saturated heterocycles. The minimum atomic E-state index is -0.986. The largest absolute Gasteiger partial charge is 0.390 e. The summed E-state index contributed by atoms with van der Waals surface area (Å²) in [6.07, 6.45) is 5.74. The van der Waals surface area contributed by atoms with Crippen molar-refractivity contribution in [3.63, 3.8) is 0 Å². The van der Waals surface area contributed by atoms with Gasteiger partial charge in [0.1, 0.15) is 17.5 Å². The molecular formula is C26H36F2N4O2. The molecule has 8 heteroatoms. The van der Waals surface area contributed by atoms with Crippen LogP contribution in [0.4, 0.5) is 8.78 Å². The van der Waals surface area contributed by atoms with Gasteiger partial charge in [-0.15, -0.1) is 0 Å². The number of aliphatic hydroxyl groups is 1. The number of halogens is 2. The highest BCUT2D eigenvalue weighted by molar-refractivity contribution is 5.73. The average Bonchev–Trinajstić information content (AvgIpc) is 2.76. The van der Waals surface area contributed by atoms with Crippen molar-refractivity contribution in [1.82, 2.24) is 20.6 Å². The second-order valence-corrected chi connectivity index (χ2v) is 10.4. The lowest BCUT2D eigenvalue weighted by molar-refractivity contribution is -0.120. The molecule has 0 aliphatic heterocycles. The monoisotopic (exact) mass is 474 g/mol. The Balaban J connectivity index is 1.80. The zero-order chi connectivity index (χ0) is 24.9. The lowest BCUT2D eigenvalue weighted by atomic mass is 9.80. The van der Waals surface area contributed by atoms with Gasteiger partial charge in [0.2, 0.25) is 5.91 Å². The van der Waals surface area contributed by atoms with Gasteiger partial charge in [-0.3, -0.25) is 4.79 Å². The highest BCUT2D eigenvalue weighted by atomic mass is 19.1. The number of carbonyl (C=O) groups excluding carboxylic acids is 1. The molecule has 6 nitrogen and oxygen atoms in total. The number of amides is 1. The van der Waals surface area contributed by atoms with Crippen LogP contribution in [-0.4, -0.2) is 39.7 Å². The molecular weight excluding hydrogens is 438 g/mol. The molecule has 3 N–H and O–H groups in total. The van der Waals surface area contributed by atoms with Crippen molar-refractivity contribution in [2.75, 3.05) is 6.54 Å². The van der Waals surface area contributed by atoms with Crippen molar-refractivity contribution in [1.29, 1.82) is 0 Å². The maximum absolute atomic E-state index is 13.7. The molecule has 186 valence electrons. The molecule has 1 aliphatic carbocycles. The third-order valence-corrected chi connectivity index (χ3v) is 6.44. The van der Waals surface area contributed by atoms with E-state index in [9.17, 15) is 18.7 Å². The predicted molar refractivity (Wildman–Crippen MR) is 127 cm³/mol. The zero-order valence-corrected chi connectivity index (χ0v) is 20.5. The summed E-state index contributed by atoms with van der Waals surface area (Å²) in [6, 6.07) is 4.44. The molecule has 2 aromatic rings. The van der Waals surface area contributed by atoms with Gasteiger partial charge in [0.25, 0.3) is 0 Å². The van der Waals surface area contributed by atoms with Crippen molar-refractivity contribution >= 4 is 5.91 Å². The second-order valence-electron chi connectivity index (χ2n) is 10.4. The van der Waals surface area contributed by atoms with Crippen LogP contribution in [0.25, 0.3) is 0 Å². The van der Waals surface area contributed by atoms with E-state index in [4.69, 9.17) is 4.98 Å². The Morgan fingerprint density at radius 3 is 2.38 bits per heavy atom. The highest BCUT2D eigenvalue weighted by Gasteiger charge is 2.38. The number of aliphatic hydroxyl groups excluding tert-OH is 1. The van der Waals surface area contributed by atoms with Gasteiger partial charge < -0.3 is 15.7 Å². The highest BCUT2D eigenvalue weighted by Crippen LogP contribution is 2.36. The summed E-state index contributed by atoms with van der Waals surface area (Å²) in [5, 5.41) is 17.3. The lowest BCUT2D eigenvalue weighted by Crippen LogP contribution is -2.53. The number of carbonyl (C=O) groups is 1. The van der Waals surface area contributed by atoms with E-state index in [-0.39, 0.29) is 24.3 Å². The van der Waals surface area contributed by atoms with E-state index in [1.54, 1.807) is 6.20 Å². The first-order valence-electron chi connectivity index (χ1n) is 12.0. The lowest BCUT2D eigenvalue weighted by Gasteiger charge is -2.39. The molecule has 1 fully saturated rings. The molecule has 1 saturated carbocycles. The number of nitrogens with zero attached hydrogens (tertiary/aromatic N) is 2. The van der Waals surface area contributed by atoms with Gasteiger partial charge in [0.15, 0.2) is 0 Å². The maximum atomic E-state index is 13.7. The van der Waals surface area contributed by atoms with E-state index in [1.165, 1.54) is 19.1 Å². The van der Waals surface area contributed by atoms with Gasteiger partial charge >= 0.3 is 0 Å². The number of aromatic nitrogens is 2. The Labute approximate surface area is 200 Å². The summed E-state index contributed by atoms with van der Waals surface area (Å²) in [5.74, 6) is -0.993. The topological polar surface area (TPSA) is 87.1 Å². The molecule has 0 bridgehead atoms. The Morgan fingerprint density at radius 2 is 1.79 bits per heavy atom. The van der Waals surface area contributed by atoms with E-state index in [2.05, 4.69) is 36.4 Å². The van der Waals surface area contributed by atoms with Crippen molar-refractivity contribution in [2.24, 2.45) is 0 Å². The van der Waals surface area contributed by atoms with E-state index < -0.39 is 29.3 Å². The smallest absolute Gasteiger partial charge is 0.217 e. The van der Waals surface area contributed by atoms with Crippen LogP contribution in [-0.2, 0) is 22.2 Å². The van der Waals surface area contributed by atoms with Crippen molar-refractivity contribution in [2.45, 2.75) is 89.3 Å². The second kappa shape index (κ2) is 10.9. The summed E-state index contributed by atoms with van der Waals surface area (Å²) in [6.45, 7) is 7.85. The van der Waals surface area contributed by atoms with Crippen LogP contribution in [0, 0.1) is 11.6 Å². The molecule has 2 unspecified atom stereocenters. The van der Waals surface area contributed by atoms with Crippen LogP contribution in [0.2, 0.25) is 0 Å². The Hall–Kier alpha value is -2.45. The first kappa shape index (κ1) is 26.2. The maximum Gasteiger partial charge on any atom is 0.217 e. The van der Waals surface area contributed by atoms with E-state index in [1.807, 2.05) is 6.07 Å². The van der Waals surface area contributed by atoms with E-state index in [0.29, 0.717) is 5.56 Å². The van der Waals surface area contributed by atoms with Crippen LogP contribution in [0.1, 0.15) is 76.9 Å². The van der Waals surface area contributed by atoms with Crippen molar-refractivity contribution in [3.8, 4) is 0 Å². The minimum absolute atomic E-state index is 0.0973. The first-order valence-corrected chi connectivity index (χ1v) is 12.0. The first-order chi connectivity index (χ1) is 16.0. The van der Waals surface area contributed by atoms with Gasteiger partial charge in [0.05, 0.1) is 17.7 Å². The van der Waals surface area contributed by atoms with Gasteiger partial charge in [-0.2, -0.15) is 0 Å². The van der Waals surface area contributed by atoms with Gasteiger partial charge in [-0.05, 0) is 43.0 Å². The molecule has 1 amide bonds. The summed E-state index contributed by atoms with van der Waals surface area (Å²) < 4.78 is 27.3. The average molecular weight is 475 g/mol. The molecule has 1 aromatic heterocycles. The predicted octanol–water partition coefficient (Wildman–Crippen LogP) is 3.91. The molecule has 0 spiro atoms. The van der Waals surface area contributed by atoms with Crippen LogP contribution in [0.15, 0.2) is 30.5 Å². The Bertz CT molecular complexity index is 967. The van der Waals surface area contributed by atoms with Crippen LogP contribution in [0.3, 0.4) is 0 Å². The number of hydrogen-bond acceptors (Lipinski definition) is 5. The van der Waals surface area contributed by atoms with Crippen LogP contribution < -0.4 is 10.6 Å². The fourth-order valence-electron chi connectivity index (χ4n) is 4.61. The number of hydrogen-bond donors (Lipinski definition) is 3. The quantitative estimate of drug-likeness (QED) is 0.540. The third kappa shape index (κ3) is 6.79. The Morgan fingerprint density at radius 1 is 1.15 bits per heavy atom. The summed E-state index contributed by atoms with van der Waals surface area (Å²) in [5.41, 5.74) is 0.716. The van der Waals surface area contributed by atoms with Crippen LogP contribution >= 0.6 is 0 Å². The fraction of sp³-hybridized carbons (Fsp3) is 0.577. The van der Waals surface area contributed by atoms with E-state index in [0.717, 1.165) is 49.7 Å². The normalized spacial score (nSPS) is 17.7. The summed E-state index contributed by atoms with van der Waals surface area (Å²) in [7, 11) is 0. The van der Waals surface area contributed by atoms with Gasteiger partial charge in [-0.25, -0.2) is 18.7 Å². The molecule has 34 heavy (non-hydrogen) atoms. The fourth-order valence-corrected chi connectivity index (χ4v) is 4.61. The molecule has 1 aliphatic rings. The Kier molecular flexibility index (Phi) is 8.36. The SMILES string of the molecule is CC(=O)NC(Cc1cc(F)cc(F)c1)C(O)CNC1(c2nccc(C(C)(C)C)n2)CCCCC1. The van der Waals surface area contributed by atoms with Gasteiger partial charge in [0, 0.05) is 36.8 Å². The molecule has 0 radical (unpaired) electrons. The molecule has 1 aromatic carbocycles. The zero-order valence-electron chi connectivity index (χ0n) is 20.5.